The minimum Gasteiger partial charge on any atom is -0.490 e. The number of nitrogens with zero attached hydrogens (tertiary/aromatic N) is 2. The van der Waals surface area contributed by atoms with Gasteiger partial charge in [0.2, 0.25) is 0 Å². The first-order valence-corrected chi connectivity index (χ1v) is 20.3. The Morgan fingerprint density at radius 2 is 1.02 bits per heavy atom. The summed E-state index contributed by atoms with van der Waals surface area (Å²) in [6, 6.07) is 25.8. The number of Topliss-reactive ketones (excluding diaryl/α,β-unsaturated/α-hetero) is 2. The molecule has 7 rings (SSSR count). The number of rotatable bonds is 19. The van der Waals surface area contributed by atoms with Crippen molar-refractivity contribution in [3.05, 3.63) is 130 Å². The normalized spacial score (nSPS) is 16.9. The van der Waals surface area contributed by atoms with Crippen molar-refractivity contribution < 1.29 is 67.1 Å². The van der Waals surface area contributed by atoms with Crippen LogP contribution in [0.15, 0.2) is 97.1 Å². The van der Waals surface area contributed by atoms with E-state index in [-0.39, 0.29) is 60.2 Å². The maximum atomic E-state index is 12.5. The number of carbonyl (C=O) groups is 8. The number of hydrogen-bond acceptors (Lipinski definition) is 14. The molecule has 0 saturated carbocycles. The molecule has 4 aromatic carbocycles. The zero-order valence-corrected chi connectivity index (χ0v) is 35.0. The van der Waals surface area contributed by atoms with E-state index in [1.54, 1.807) is 104 Å². The van der Waals surface area contributed by atoms with Crippen molar-refractivity contribution >= 4 is 47.1 Å². The Morgan fingerprint density at radius 1 is 0.635 bits per heavy atom. The van der Waals surface area contributed by atoms with E-state index in [9.17, 15) is 43.5 Å². The molecule has 2 atom stereocenters. The summed E-state index contributed by atoms with van der Waals surface area (Å²) in [4.78, 5) is 99.5. The Hall–Kier alpha value is -7.04. The lowest BCUT2D eigenvalue weighted by Crippen LogP contribution is -2.36. The van der Waals surface area contributed by atoms with Crippen molar-refractivity contribution in [2.45, 2.75) is 51.2 Å². The van der Waals surface area contributed by atoms with E-state index in [1.807, 2.05) is 6.92 Å². The second-order valence-electron chi connectivity index (χ2n) is 15.2. The number of carbonyl (C=O) groups excluding carboxylic acids is 8. The van der Waals surface area contributed by atoms with E-state index in [0.717, 1.165) is 22.6 Å². The number of hydrogen-bond donors (Lipinski definition) is 1. The number of benzene rings is 4. The minimum absolute atomic E-state index is 0.0470. The summed E-state index contributed by atoms with van der Waals surface area (Å²) >= 11 is 0. The second-order valence-corrected chi connectivity index (χ2v) is 15.2. The summed E-state index contributed by atoms with van der Waals surface area (Å²) in [7, 11) is 0. The van der Waals surface area contributed by atoms with Gasteiger partial charge >= 0.3 is 11.9 Å². The quantitative estimate of drug-likeness (QED) is 0.0437. The molecule has 63 heavy (non-hydrogen) atoms. The smallest absolute Gasteiger partial charge is 0.326 e. The molecule has 3 aliphatic heterocycles. The lowest BCUT2D eigenvalue weighted by molar-refractivity contribution is -0.145. The van der Waals surface area contributed by atoms with Gasteiger partial charge in [0.25, 0.3) is 23.6 Å². The van der Waals surface area contributed by atoms with Crippen LogP contribution in [0.4, 0.5) is 0 Å². The zero-order valence-electron chi connectivity index (χ0n) is 35.0. The molecule has 0 spiro atoms. The molecule has 1 saturated heterocycles. The van der Waals surface area contributed by atoms with E-state index in [0.29, 0.717) is 35.7 Å². The molecule has 0 aliphatic carbocycles. The first-order chi connectivity index (χ1) is 30.1. The molecule has 4 aromatic rings. The SMILES string of the molecule is CC1(C(=O)c2ccc(OCCOC(=O)CN3C(=O)c4ccccc4C3=O)cc2)CO1.CCCCC(C)(O)C(=O)c1ccc(OCCOC(=O)CN2C(=O)c3ccccc3C2=O)cc1. The minimum atomic E-state index is -1.41. The Kier molecular flexibility index (Phi) is 14.3. The number of ether oxygens (including phenoxy) is 5. The van der Waals surface area contributed by atoms with E-state index in [1.165, 1.54) is 6.92 Å². The molecule has 0 aromatic heterocycles. The Bertz CT molecular complexity index is 2330. The third-order valence-corrected chi connectivity index (χ3v) is 10.4. The van der Waals surface area contributed by atoms with Crippen LogP contribution in [-0.2, 0) is 23.8 Å². The van der Waals surface area contributed by atoms with Gasteiger partial charge in [0, 0.05) is 11.1 Å². The molecule has 4 amide bonds. The number of imide groups is 2. The average molecular weight is 863 g/mol. The highest BCUT2D eigenvalue weighted by Crippen LogP contribution is 2.31. The fourth-order valence-corrected chi connectivity index (χ4v) is 6.64. The standard InChI is InChI=1S/C25H27NO7.C22H19NO7/c1-3-4-13-25(2,31)22(28)17-9-11-18(12-10-17)32-14-15-33-21(27)16-26-23(29)19-7-5-6-8-20(19)24(26)30;1-22(13-30-22)19(25)14-6-8-15(9-7-14)28-10-11-29-18(24)12-23-20(26)16-4-2-3-5-17(16)21(23)27/h5-12,31H,3-4,13-16H2,1-2H3;2-9H,10-13H2,1H3. The number of amides is 4. The van der Waals surface area contributed by atoms with Gasteiger partial charge in [0.05, 0.1) is 28.9 Å². The number of unbranched alkanes of at least 4 members (excludes halogenated alkanes) is 1. The molecule has 16 nitrogen and oxygen atoms in total. The molecule has 3 heterocycles. The number of fused-ring (bicyclic) bond motifs is 2. The van der Waals surface area contributed by atoms with Crippen molar-refractivity contribution in [1.82, 2.24) is 9.80 Å². The van der Waals surface area contributed by atoms with E-state index >= 15 is 0 Å². The fraction of sp³-hybridized carbons (Fsp3) is 0.319. The molecule has 1 N–H and O–H groups in total. The van der Waals surface area contributed by atoms with Crippen molar-refractivity contribution in [3.63, 3.8) is 0 Å². The van der Waals surface area contributed by atoms with Gasteiger partial charge < -0.3 is 28.8 Å². The van der Waals surface area contributed by atoms with Crippen LogP contribution in [0.3, 0.4) is 0 Å². The van der Waals surface area contributed by atoms with E-state index in [4.69, 9.17) is 23.7 Å². The molecule has 2 unspecified atom stereocenters. The average Bonchev–Trinajstić information content (AvgIpc) is 3.95. The van der Waals surface area contributed by atoms with Gasteiger partial charge in [-0.1, -0.05) is 44.0 Å². The predicted octanol–water partition coefficient (Wildman–Crippen LogP) is 4.91. The summed E-state index contributed by atoms with van der Waals surface area (Å²) in [5.74, 6) is -2.91. The van der Waals surface area contributed by atoms with Gasteiger partial charge in [0.15, 0.2) is 17.2 Å². The van der Waals surface area contributed by atoms with Crippen LogP contribution >= 0.6 is 0 Å². The van der Waals surface area contributed by atoms with Gasteiger partial charge in [-0.05, 0) is 93.1 Å². The molecule has 328 valence electrons. The first-order valence-electron chi connectivity index (χ1n) is 20.3. The van der Waals surface area contributed by atoms with Crippen molar-refractivity contribution in [1.29, 1.82) is 0 Å². The van der Waals surface area contributed by atoms with Gasteiger partial charge in [-0.15, -0.1) is 0 Å². The molecule has 3 aliphatic rings. The molecule has 16 heteroatoms. The summed E-state index contributed by atoms with van der Waals surface area (Å²) in [5, 5.41) is 10.4. The lowest BCUT2D eigenvalue weighted by atomic mass is 9.90. The van der Waals surface area contributed by atoms with Gasteiger partial charge in [-0.3, -0.25) is 48.2 Å². The van der Waals surface area contributed by atoms with Crippen molar-refractivity contribution in [2.24, 2.45) is 0 Å². The van der Waals surface area contributed by atoms with Crippen molar-refractivity contribution in [3.8, 4) is 11.5 Å². The Labute approximate surface area is 362 Å². The van der Waals surface area contributed by atoms with E-state index in [2.05, 4.69) is 0 Å². The number of epoxide rings is 1. The van der Waals surface area contributed by atoms with Crippen molar-refractivity contribution in [2.75, 3.05) is 46.1 Å². The highest BCUT2D eigenvalue weighted by atomic mass is 16.6. The van der Waals surface area contributed by atoms with Gasteiger partial charge in [0.1, 0.15) is 56.6 Å². The van der Waals surface area contributed by atoms with E-state index < -0.39 is 59.9 Å². The highest BCUT2D eigenvalue weighted by Gasteiger charge is 2.47. The van der Waals surface area contributed by atoms with Crippen LogP contribution < -0.4 is 9.47 Å². The summed E-state index contributed by atoms with van der Waals surface area (Å²) in [5.41, 5.74) is -0.0988. The molecule has 1 fully saturated rings. The van der Waals surface area contributed by atoms with Crippen LogP contribution in [0.1, 0.15) is 102 Å². The maximum Gasteiger partial charge on any atom is 0.326 e. The third-order valence-electron chi connectivity index (χ3n) is 10.4. The molecule has 0 bridgehead atoms. The monoisotopic (exact) mass is 862 g/mol. The lowest BCUT2D eigenvalue weighted by Gasteiger charge is -2.21. The highest BCUT2D eigenvalue weighted by molar-refractivity contribution is 6.23. The zero-order chi connectivity index (χ0) is 45.3. The molecular weight excluding hydrogens is 817 g/mol. The Morgan fingerprint density at radius 3 is 1.38 bits per heavy atom. The topological polar surface area (TPSA) is 213 Å². The largest absolute Gasteiger partial charge is 0.490 e. The van der Waals surface area contributed by atoms with Crippen LogP contribution in [0.25, 0.3) is 0 Å². The maximum absolute atomic E-state index is 12.5. The number of aliphatic hydroxyl groups is 1. The molecular formula is C47H46N2O14. The van der Waals surface area contributed by atoms with Gasteiger partial charge in [-0.25, -0.2) is 0 Å². The van der Waals surface area contributed by atoms with Crippen LogP contribution in [0, 0.1) is 0 Å². The summed E-state index contributed by atoms with van der Waals surface area (Å²) < 4.78 is 26.3. The second kappa shape index (κ2) is 19.8. The van der Waals surface area contributed by atoms with Crippen LogP contribution in [-0.4, -0.2) is 119 Å². The van der Waals surface area contributed by atoms with Crippen LogP contribution in [0.2, 0.25) is 0 Å². The summed E-state index contributed by atoms with van der Waals surface area (Å²) in [6.45, 7) is 4.78. The molecule has 0 radical (unpaired) electrons. The third kappa shape index (κ3) is 10.9. The van der Waals surface area contributed by atoms with Crippen LogP contribution in [0.5, 0.6) is 11.5 Å². The predicted molar refractivity (Wildman–Crippen MR) is 223 cm³/mol. The fourth-order valence-electron chi connectivity index (χ4n) is 6.64. The number of ketones is 2. The first kappa shape index (κ1) is 45.5. The Balaban J connectivity index is 0.000000210. The van der Waals surface area contributed by atoms with Gasteiger partial charge in [-0.2, -0.15) is 0 Å². The number of esters is 2. The summed E-state index contributed by atoms with van der Waals surface area (Å²) in [6.07, 6.45) is 2.04.